The maximum atomic E-state index is 13.2. The first kappa shape index (κ1) is 21.6. The van der Waals surface area contributed by atoms with Gasteiger partial charge in [0.25, 0.3) is 5.56 Å². The third-order valence-corrected chi connectivity index (χ3v) is 6.88. The van der Waals surface area contributed by atoms with E-state index in [-0.39, 0.29) is 11.3 Å². The van der Waals surface area contributed by atoms with E-state index in [0.717, 1.165) is 59.6 Å². The van der Waals surface area contributed by atoms with Gasteiger partial charge in [-0.1, -0.05) is 31.2 Å². The fourth-order valence-corrected chi connectivity index (χ4v) is 5.48. The molecule has 0 aromatic carbocycles. The minimum atomic E-state index is -0.508. The van der Waals surface area contributed by atoms with Crippen LogP contribution in [-0.2, 0) is 24.2 Å². The van der Waals surface area contributed by atoms with E-state index in [4.69, 9.17) is 4.98 Å². The molecule has 0 aliphatic heterocycles. The van der Waals surface area contributed by atoms with Gasteiger partial charge >= 0.3 is 6.03 Å². The lowest BCUT2D eigenvalue weighted by molar-refractivity contribution is -0.117. The molecule has 7 nitrogen and oxygen atoms in total. The van der Waals surface area contributed by atoms with Gasteiger partial charge in [-0.25, -0.2) is 9.78 Å². The average Bonchev–Trinajstić information content (AvgIpc) is 2.88. The first-order valence-electron chi connectivity index (χ1n) is 9.91. The number of allylic oxidation sites excluding steroid dienone is 1. The minimum absolute atomic E-state index is 0.000274. The molecule has 9 heteroatoms. The normalized spacial score (nSPS) is 13.6. The van der Waals surface area contributed by atoms with E-state index in [1.165, 1.54) is 11.3 Å². The Labute approximate surface area is 178 Å². The summed E-state index contributed by atoms with van der Waals surface area (Å²) >= 11 is 2.75. The second kappa shape index (κ2) is 10.1. The number of hydrogen-bond acceptors (Lipinski definition) is 6. The van der Waals surface area contributed by atoms with Crippen LogP contribution in [0.3, 0.4) is 0 Å². The van der Waals surface area contributed by atoms with Gasteiger partial charge in [-0.05, 0) is 37.7 Å². The molecule has 1 aliphatic carbocycles. The Morgan fingerprint density at radius 3 is 2.86 bits per heavy atom. The summed E-state index contributed by atoms with van der Waals surface area (Å²) in [5, 5.41) is 6.09. The van der Waals surface area contributed by atoms with Crippen molar-refractivity contribution in [3.05, 3.63) is 33.4 Å². The Kier molecular flexibility index (Phi) is 7.49. The number of imide groups is 1. The molecule has 2 aromatic rings. The van der Waals surface area contributed by atoms with Crippen molar-refractivity contribution in [2.75, 3.05) is 12.3 Å². The van der Waals surface area contributed by atoms with Crippen molar-refractivity contribution in [2.45, 2.75) is 57.1 Å². The Morgan fingerprint density at radius 1 is 1.31 bits per heavy atom. The summed E-state index contributed by atoms with van der Waals surface area (Å²) < 4.78 is 1.57. The van der Waals surface area contributed by atoms with Crippen LogP contribution in [0.4, 0.5) is 4.79 Å². The van der Waals surface area contributed by atoms with Crippen molar-refractivity contribution in [2.24, 2.45) is 0 Å². The molecule has 0 saturated carbocycles. The molecule has 1 aliphatic rings. The van der Waals surface area contributed by atoms with Crippen LogP contribution in [-0.4, -0.2) is 33.8 Å². The fraction of sp³-hybridized carbons (Fsp3) is 0.500. The number of aromatic nitrogens is 2. The van der Waals surface area contributed by atoms with Gasteiger partial charge in [-0.3, -0.25) is 19.5 Å². The van der Waals surface area contributed by atoms with Gasteiger partial charge in [0.1, 0.15) is 4.83 Å². The number of thioether (sulfide) groups is 1. The van der Waals surface area contributed by atoms with Gasteiger partial charge < -0.3 is 5.32 Å². The highest BCUT2D eigenvalue weighted by Gasteiger charge is 2.21. The second-order valence-corrected chi connectivity index (χ2v) is 8.96. The predicted molar refractivity (Wildman–Crippen MR) is 118 cm³/mol. The number of thiophene rings is 1. The van der Waals surface area contributed by atoms with Crippen LogP contribution in [0.15, 0.2) is 22.6 Å². The molecule has 0 saturated heterocycles. The monoisotopic (exact) mass is 434 g/mol. The molecular formula is C20H26N4O3S2. The summed E-state index contributed by atoms with van der Waals surface area (Å²) in [4.78, 5) is 43.6. The van der Waals surface area contributed by atoms with Gasteiger partial charge in [0, 0.05) is 18.0 Å². The number of nitrogens with one attached hydrogen (secondary N) is 2. The van der Waals surface area contributed by atoms with E-state index in [2.05, 4.69) is 17.2 Å². The second-order valence-electron chi connectivity index (χ2n) is 6.94. The molecule has 3 amide bonds. The van der Waals surface area contributed by atoms with Crippen LogP contribution in [0, 0.1) is 0 Å². The van der Waals surface area contributed by atoms with Crippen LogP contribution in [0.5, 0.6) is 0 Å². The average molecular weight is 435 g/mol. The molecule has 156 valence electrons. The molecule has 0 spiro atoms. The number of amides is 3. The highest BCUT2D eigenvalue weighted by Crippen LogP contribution is 2.34. The summed E-state index contributed by atoms with van der Waals surface area (Å²) in [6.07, 6.45) is 7.78. The van der Waals surface area contributed by atoms with Crippen LogP contribution >= 0.6 is 23.1 Å². The van der Waals surface area contributed by atoms with Crippen molar-refractivity contribution in [1.82, 2.24) is 20.2 Å². The zero-order valence-corrected chi connectivity index (χ0v) is 18.2. The number of fused-ring (bicyclic) bond motifs is 3. The van der Waals surface area contributed by atoms with E-state index >= 15 is 0 Å². The van der Waals surface area contributed by atoms with Crippen LogP contribution in [0.1, 0.15) is 43.0 Å². The van der Waals surface area contributed by atoms with Crippen LogP contribution < -0.4 is 16.2 Å². The lowest BCUT2D eigenvalue weighted by Gasteiger charge is -2.11. The quantitative estimate of drug-likeness (QED) is 0.302. The maximum Gasteiger partial charge on any atom is 0.321 e. The molecule has 0 unspecified atom stereocenters. The lowest BCUT2D eigenvalue weighted by Crippen LogP contribution is -2.40. The smallest absolute Gasteiger partial charge is 0.321 e. The van der Waals surface area contributed by atoms with Gasteiger partial charge in [0.2, 0.25) is 5.91 Å². The summed E-state index contributed by atoms with van der Waals surface area (Å²) in [7, 11) is 0. The summed E-state index contributed by atoms with van der Waals surface area (Å²) in [5.41, 5.74) is 1.08. The Balaban J connectivity index is 1.84. The molecule has 29 heavy (non-hydrogen) atoms. The van der Waals surface area contributed by atoms with Gasteiger partial charge in [0.15, 0.2) is 5.16 Å². The van der Waals surface area contributed by atoms with Crippen molar-refractivity contribution in [3.8, 4) is 0 Å². The van der Waals surface area contributed by atoms with E-state index < -0.39 is 11.9 Å². The highest BCUT2D eigenvalue weighted by molar-refractivity contribution is 7.99. The number of aryl methyl sites for hydroxylation is 2. The Hall–Kier alpha value is -2.13. The SMILES string of the molecule is C=CCn1c(SCC(=O)NC(=O)NCCC)nc2sc3c(c2c1=O)CCCCC3. The summed E-state index contributed by atoms with van der Waals surface area (Å²) in [5.74, 6) is -0.426. The van der Waals surface area contributed by atoms with Crippen LogP contribution in [0.2, 0.25) is 0 Å². The van der Waals surface area contributed by atoms with Crippen molar-refractivity contribution in [1.29, 1.82) is 0 Å². The van der Waals surface area contributed by atoms with Gasteiger partial charge in [0.05, 0.1) is 11.1 Å². The molecular weight excluding hydrogens is 408 g/mol. The lowest BCUT2D eigenvalue weighted by atomic mass is 10.1. The largest absolute Gasteiger partial charge is 0.338 e. The van der Waals surface area contributed by atoms with E-state index in [0.29, 0.717) is 18.2 Å². The third-order valence-electron chi connectivity index (χ3n) is 4.72. The minimum Gasteiger partial charge on any atom is -0.338 e. The fourth-order valence-electron chi connectivity index (χ4n) is 3.37. The topological polar surface area (TPSA) is 93.1 Å². The number of nitrogens with zero attached hydrogens (tertiary/aromatic N) is 2. The number of carbonyl (C=O) groups is 2. The van der Waals surface area contributed by atoms with Crippen molar-refractivity contribution in [3.63, 3.8) is 0 Å². The molecule has 0 atom stereocenters. The van der Waals surface area contributed by atoms with E-state index in [9.17, 15) is 14.4 Å². The Morgan fingerprint density at radius 2 is 2.10 bits per heavy atom. The number of rotatable bonds is 7. The van der Waals surface area contributed by atoms with Crippen LogP contribution in [0.25, 0.3) is 10.2 Å². The zero-order valence-electron chi connectivity index (χ0n) is 16.6. The molecule has 2 N–H and O–H groups in total. The third kappa shape index (κ3) is 5.08. The molecule has 0 radical (unpaired) electrons. The predicted octanol–water partition coefficient (Wildman–Crippen LogP) is 3.24. The summed E-state index contributed by atoms with van der Waals surface area (Å²) in [6.45, 7) is 6.51. The standard InChI is InChI=1S/C20H26N4O3S2/c1-3-10-21-19(27)22-15(25)12-28-20-23-17-16(18(26)24(20)11-4-2)13-8-6-5-7-9-14(13)29-17/h4H,2-3,5-12H2,1H3,(H2,21,22,25,27). The number of urea groups is 1. The number of carbonyl (C=O) groups excluding carboxylic acids is 2. The molecule has 2 heterocycles. The maximum absolute atomic E-state index is 13.2. The van der Waals surface area contributed by atoms with Crippen molar-refractivity contribution >= 4 is 45.3 Å². The number of hydrogen-bond donors (Lipinski definition) is 2. The molecule has 0 fully saturated rings. The first-order chi connectivity index (χ1) is 14.0. The zero-order chi connectivity index (χ0) is 20.8. The Bertz CT molecular complexity index is 980. The molecule has 3 rings (SSSR count). The van der Waals surface area contributed by atoms with E-state index in [1.807, 2.05) is 6.92 Å². The molecule has 0 bridgehead atoms. The molecule has 2 aromatic heterocycles. The first-order valence-corrected chi connectivity index (χ1v) is 11.7. The highest BCUT2D eigenvalue weighted by atomic mass is 32.2. The van der Waals surface area contributed by atoms with Crippen molar-refractivity contribution < 1.29 is 9.59 Å². The summed E-state index contributed by atoms with van der Waals surface area (Å²) in [6, 6.07) is -0.508. The van der Waals surface area contributed by atoms with Gasteiger partial charge in [-0.2, -0.15) is 0 Å². The van der Waals surface area contributed by atoms with E-state index in [1.54, 1.807) is 22.0 Å². The van der Waals surface area contributed by atoms with Gasteiger partial charge in [-0.15, -0.1) is 17.9 Å².